The molecule has 2 atom stereocenters. The lowest BCUT2D eigenvalue weighted by Gasteiger charge is -2.29. The minimum atomic E-state index is -0.686. The van der Waals surface area contributed by atoms with E-state index in [9.17, 15) is 9.59 Å². The Morgan fingerprint density at radius 3 is 1.66 bits per heavy atom. The summed E-state index contributed by atoms with van der Waals surface area (Å²) in [4.78, 5) is 25.4. The zero-order valence-electron chi connectivity index (χ0n) is 18.9. The van der Waals surface area contributed by atoms with Crippen molar-refractivity contribution in [2.75, 3.05) is 6.54 Å². The largest absolute Gasteiger partial charge is 0.330 e. The fourth-order valence-electron chi connectivity index (χ4n) is 3.40. The molecule has 0 aromatic heterocycles. The normalized spacial score (nSPS) is 12.1. The van der Waals surface area contributed by atoms with Gasteiger partial charge in [0.1, 0.15) is 0 Å². The summed E-state index contributed by atoms with van der Waals surface area (Å²) in [6.07, 6.45) is 1.15. The van der Waals surface area contributed by atoms with E-state index in [1.165, 1.54) is 23.0 Å². The highest BCUT2D eigenvalue weighted by Crippen LogP contribution is 2.21. The van der Waals surface area contributed by atoms with E-state index in [2.05, 4.69) is 48.5 Å². The van der Waals surface area contributed by atoms with Crippen molar-refractivity contribution in [3.05, 3.63) is 96.6 Å². The van der Waals surface area contributed by atoms with Gasteiger partial charge in [0.05, 0.1) is 12.1 Å². The summed E-state index contributed by atoms with van der Waals surface area (Å²) in [5.74, 6) is -0.642. The smallest absolute Gasteiger partial charge is 0.246 e. The molecule has 0 saturated heterocycles. The van der Waals surface area contributed by atoms with Crippen LogP contribution in [-0.2, 0) is 9.59 Å². The Balaban J connectivity index is 0.000000255. The van der Waals surface area contributed by atoms with Crippen LogP contribution < -0.4 is 11.5 Å². The van der Waals surface area contributed by atoms with Crippen LogP contribution in [0.5, 0.6) is 0 Å². The molecule has 0 saturated carbocycles. The standard InChI is InChI=1S/C15H23N3O2.C12H10/c1-11(13-7-4-3-5-8-13)18(12(2)19)15(20)14(17)9-6-10-16;1-3-7-11(8-4-1)12-9-5-2-6-10-12/h3-5,7-8,11,14H,6,9-10,16-17H2,1-2H3;1-10H. The summed E-state index contributed by atoms with van der Waals surface area (Å²) < 4.78 is 0. The van der Waals surface area contributed by atoms with E-state index in [1.807, 2.05) is 49.4 Å². The van der Waals surface area contributed by atoms with Gasteiger partial charge in [-0.05, 0) is 43.0 Å². The van der Waals surface area contributed by atoms with Gasteiger partial charge in [0, 0.05) is 6.92 Å². The first-order chi connectivity index (χ1) is 15.5. The molecule has 32 heavy (non-hydrogen) atoms. The zero-order chi connectivity index (χ0) is 23.3. The van der Waals surface area contributed by atoms with Crippen molar-refractivity contribution in [2.24, 2.45) is 11.5 Å². The maximum atomic E-state index is 12.3. The lowest BCUT2D eigenvalue weighted by molar-refractivity contribution is -0.147. The minimum Gasteiger partial charge on any atom is -0.330 e. The van der Waals surface area contributed by atoms with E-state index in [1.54, 1.807) is 0 Å². The molecule has 168 valence electrons. The lowest BCUT2D eigenvalue weighted by Crippen LogP contribution is -2.47. The highest BCUT2D eigenvalue weighted by atomic mass is 16.2. The van der Waals surface area contributed by atoms with Crippen LogP contribution in [0, 0.1) is 0 Å². The van der Waals surface area contributed by atoms with Crippen LogP contribution in [0.1, 0.15) is 38.3 Å². The second kappa shape index (κ2) is 13.2. The van der Waals surface area contributed by atoms with E-state index >= 15 is 0 Å². The predicted molar refractivity (Wildman–Crippen MR) is 131 cm³/mol. The van der Waals surface area contributed by atoms with Gasteiger partial charge in [0.25, 0.3) is 0 Å². The van der Waals surface area contributed by atoms with Crippen LogP contribution in [0.2, 0.25) is 0 Å². The van der Waals surface area contributed by atoms with E-state index in [0.29, 0.717) is 19.4 Å². The lowest BCUT2D eigenvalue weighted by atomic mass is 10.0. The number of benzene rings is 3. The molecular formula is C27H33N3O2. The van der Waals surface area contributed by atoms with Gasteiger partial charge in [0.15, 0.2) is 0 Å². The van der Waals surface area contributed by atoms with Gasteiger partial charge in [-0.1, -0.05) is 91.0 Å². The second-order valence-corrected chi connectivity index (χ2v) is 7.58. The van der Waals surface area contributed by atoms with Crippen LogP contribution in [0.25, 0.3) is 11.1 Å². The molecule has 0 aliphatic carbocycles. The molecular weight excluding hydrogens is 398 g/mol. The van der Waals surface area contributed by atoms with E-state index in [-0.39, 0.29) is 17.9 Å². The molecule has 0 radical (unpaired) electrons. The van der Waals surface area contributed by atoms with Crippen molar-refractivity contribution in [3.8, 4) is 11.1 Å². The van der Waals surface area contributed by atoms with Crippen LogP contribution >= 0.6 is 0 Å². The zero-order valence-corrected chi connectivity index (χ0v) is 18.9. The quantitative estimate of drug-likeness (QED) is 0.575. The number of carbonyl (C=O) groups excluding carboxylic acids is 2. The van der Waals surface area contributed by atoms with Gasteiger partial charge < -0.3 is 11.5 Å². The third-order valence-corrected chi connectivity index (χ3v) is 5.16. The maximum Gasteiger partial charge on any atom is 0.246 e. The average molecular weight is 432 g/mol. The third-order valence-electron chi connectivity index (χ3n) is 5.16. The fourth-order valence-corrected chi connectivity index (χ4v) is 3.40. The number of rotatable bonds is 7. The van der Waals surface area contributed by atoms with Gasteiger partial charge in [-0.25, -0.2) is 0 Å². The SMILES string of the molecule is CC(=O)N(C(=O)C(N)CCCN)C(C)c1ccccc1.c1ccc(-c2ccccc2)cc1. The summed E-state index contributed by atoms with van der Waals surface area (Å²) in [6, 6.07) is 29.2. The van der Waals surface area contributed by atoms with Gasteiger partial charge >= 0.3 is 0 Å². The summed E-state index contributed by atoms with van der Waals surface area (Å²) in [5.41, 5.74) is 14.7. The molecule has 0 aliphatic rings. The van der Waals surface area contributed by atoms with Crippen molar-refractivity contribution in [2.45, 2.75) is 38.8 Å². The monoisotopic (exact) mass is 431 g/mol. The summed E-state index contributed by atoms with van der Waals surface area (Å²) in [7, 11) is 0. The van der Waals surface area contributed by atoms with Gasteiger partial charge in [0.2, 0.25) is 11.8 Å². The van der Waals surface area contributed by atoms with Crippen molar-refractivity contribution in [3.63, 3.8) is 0 Å². The number of carbonyl (C=O) groups is 2. The fraction of sp³-hybridized carbons (Fsp3) is 0.259. The van der Waals surface area contributed by atoms with Crippen LogP contribution in [0.4, 0.5) is 0 Å². The molecule has 4 N–H and O–H groups in total. The third kappa shape index (κ3) is 7.45. The van der Waals surface area contributed by atoms with Crippen LogP contribution in [0.3, 0.4) is 0 Å². The molecule has 2 unspecified atom stereocenters. The molecule has 3 aromatic carbocycles. The topological polar surface area (TPSA) is 89.4 Å². The number of hydrogen-bond donors (Lipinski definition) is 2. The van der Waals surface area contributed by atoms with Crippen molar-refractivity contribution in [1.29, 1.82) is 0 Å². The van der Waals surface area contributed by atoms with Gasteiger partial charge in [-0.2, -0.15) is 0 Å². The first kappa shape index (κ1) is 25.0. The molecule has 2 amide bonds. The molecule has 5 nitrogen and oxygen atoms in total. The average Bonchev–Trinajstić information content (AvgIpc) is 2.84. The first-order valence-corrected chi connectivity index (χ1v) is 10.9. The Kier molecular flexibility index (Phi) is 10.3. The van der Waals surface area contributed by atoms with Crippen molar-refractivity contribution < 1.29 is 9.59 Å². The molecule has 0 spiro atoms. The Hall–Kier alpha value is -3.28. The number of hydrogen-bond acceptors (Lipinski definition) is 4. The molecule has 0 aliphatic heterocycles. The van der Waals surface area contributed by atoms with E-state index < -0.39 is 6.04 Å². The second-order valence-electron chi connectivity index (χ2n) is 7.58. The number of nitrogens with two attached hydrogens (primary N) is 2. The number of imide groups is 1. The Morgan fingerprint density at radius 2 is 1.25 bits per heavy atom. The molecule has 0 bridgehead atoms. The van der Waals surface area contributed by atoms with Crippen LogP contribution in [0.15, 0.2) is 91.0 Å². The summed E-state index contributed by atoms with van der Waals surface area (Å²) >= 11 is 0. The Labute approximate surface area is 191 Å². The Morgan fingerprint density at radius 1 is 0.812 bits per heavy atom. The molecule has 3 rings (SSSR count). The molecule has 0 heterocycles. The predicted octanol–water partition coefficient (Wildman–Crippen LogP) is 4.54. The number of amides is 2. The molecule has 3 aromatic rings. The maximum absolute atomic E-state index is 12.3. The van der Waals surface area contributed by atoms with Crippen LogP contribution in [-0.4, -0.2) is 29.3 Å². The first-order valence-electron chi connectivity index (χ1n) is 10.9. The number of nitrogens with zero attached hydrogens (tertiary/aromatic N) is 1. The van der Waals surface area contributed by atoms with E-state index in [0.717, 1.165) is 5.56 Å². The van der Waals surface area contributed by atoms with Gasteiger partial charge in [-0.15, -0.1) is 0 Å². The summed E-state index contributed by atoms with van der Waals surface area (Å²) in [5, 5.41) is 0. The van der Waals surface area contributed by atoms with E-state index in [4.69, 9.17) is 11.5 Å². The highest BCUT2D eigenvalue weighted by molar-refractivity contribution is 5.97. The summed E-state index contributed by atoms with van der Waals surface area (Å²) in [6.45, 7) is 3.69. The highest BCUT2D eigenvalue weighted by Gasteiger charge is 2.28. The molecule has 0 fully saturated rings. The van der Waals surface area contributed by atoms with Crippen molar-refractivity contribution >= 4 is 11.8 Å². The Bertz CT molecular complexity index is 909. The van der Waals surface area contributed by atoms with Gasteiger partial charge in [-0.3, -0.25) is 14.5 Å². The molecule has 5 heteroatoms. The van der Waals surface area contributed by atoms with Crippen molar-refractivity contribution in [1.82, 2.24) is 4.90 Å². The minimum absolute atomic E-state index is 0.297.